The fourth-order valence-electron chi connectivity index (χ4n) is 2.50. The number of carbonyl (C=O) groups is 1. The third-order valence-electron chi connectivity index (χ3n) is 3.59. The topological polar surface area (TPSA) is 85.0 Å². The van der Waals surface area contributed by atoms with Gasteiger partial charge in [0.2, 0.25) is 5.91 Å². The molecule has 110 valence electrons. The van der Waals surface area contributed by atoms with Gasteiger partial charge in [-0.3, -0.25) is 9.48 Å². The van der Waals surface area contributed by atoms with Gasteiger partial charge in [0.1, 0.15) is 0 Å². The highest BCUT2D eigenvalue weighted by atomic mass is 16.1. The molecule has 1 aliphatic rings. The number of anilines is 3. The lowest BCUT2D eigenvalue weighted by molar-refractivity contribution is -0.116. The summed E-state index contributed by atoms with van der Waals surface area (Å²) in [5.74, 6) is 0.0604. The van der Waals surface area contributed by atoms with Crippen LogP contribution in [0.1, 0.15) is 17.5 Å². The van der Waals surface area contributed by atoms with E-state index >= 15 is 0 Å². The van der Waals surface area contributed by atoms with E-state index in [1.165, 1.54) is 0 Å². The lowest BCUT2D eigenvalue weighted by atomic mass is 10.0. The second-order valence-electron chi connectivity index (χ2n) is 5.35. The summed E-state index contributed by atoms with van der Waals surface area (Å²) < 4.78 is 1.89. The Hall–Kier alpha value is -2.50. The zero-order valence-electron chi connectivity index (χ0n) is 12.0. The molecule has 4 N–H and O–H groups in total. The van der Waals surface area contributed by atoms with Gasteiger partial charge in [-0.1, -0.05) is 0 Å². The van der Waals surface area contributed by atoms with E-state index in [1.807, 2.05) is 36.1 Å². The summed E-state index contributed by atoms with van der Waals surface area (Å²) >= 11 is 0. The second-order valence-corrected chi connectivity index (χ2v) is 5.35. The normalized spacial score (nSPS) is 13.7. The van der Waals surface area contributed by atoms with Crippen LogP contribution in [0.2, 0.25) is 0 Å². The Kier molecular flexibility index (Phi) is 3.51. The molecule has 1 aromatic heterocycles. The van der Waals surface area contributed by atoms with E-state index in [0.29, 0.717) is 12.1 Å². The number of amides is 1. The number of benzene rings is 1. The van der Waals surface area contributed by atoms with Crippen LogP contribution in [0.15, 0.2) is 24.5 Å². The monoisotopic (exact) mass is 285 g/mol. The smallest absolute Gasteiger partial charge is 0.224 e. The van der Waals surface area contributed by atoms with Crippen molar-refractivity contribution in [1.29, 1.82) is 0 Å². The molecule has 0 atom stereocenters. The van der Waals surface area contributed by atoms with Crippen molar-refractivity contribution < 1.29 is 4.79 Å². The van der Waals surface area contributed by atoms with Crippen molar-refractivity contribution in [2.45, 2.75) is 26.3 Å². The van der Waals surface area contributed by atoms with Crippen LogP contribution in [0.4, 0.5) is 17.1 Å². The van der Waals surface area contributed by atoms with Gasteiger partial charge in [-0.2, -0.15) is 5.10 Å². The second kappa shape index (κ2) is 5.47. The summed E-state index contributed by atoms with van der Waals surface area (Å²) in [5.41, 5.74) is 10.7. The molecule has 0 fully saturated rings. The van der Waals surface area contributed by atoms with Gasteiger partial charge in [-0.05, 0) is 36.6 Å². The Balaban J connectivity index is 1.67. The highest BCUT2D eigenvalue weighted by Gasteiger charge is 2.16. The molecular weight excluding hydrogens is 266 g/mol. The molecule has 0 unspecified atom stereocenters. The van der Waals surface area contributed by atoms with E-state index in [2.05, 4.69) is 15.7 Å². The maximum atomic E-state index is 11.4. The number of hydrogen-bond acceptors (Lipinski definition) is 4. The molecule has 1 aromatic carbocycles. The molecule has 0 bridgehead atoms. The average molecular weight is 285 g/mol. The first-order chi connectivity index (χ1) is 10.1. The minimum absolute atomic E-state index is 0.0604. The van der Waals surface area contributed by atoms with Crippen molar-refractivity contribution in [3.63, 3.8) is 0 Å². The Morgan fingerprint density at radius 2 is 2.29 bits per heavy atom. The third kappa shape index (κ3) is 2.99. The number of fused-ring (bicyclic) bond motifs is 1. The highest BCUT2D eigenvalue weighted by molar-refractivity contribution is 5.95. The molecule has 6 nitrogen and oxygen atoms in total. The van der Waals surface area contributed by atoms with Crippen molar-refractivity contribution in [3.05, 3.63) is 35.7 Å². The fourth-order valence-corrected chi connectivity index (χ4v) is 2.50. The van der Waals surface area contributed by atoms with Crippen molar-refractivity contribution in [1.82, 2.24) is 9.78 Å². The molecule has 0 aliphatic carbocycles. The Morgan fingerprint density at radius 3 is 3.05 bits per heavy atom. The number of nitrogens with zero attached hydrogens (tertiary/aromatic N) is 2. The summed E-state index contributed by atoms with van der Waals surface area (Å²) in [7, 11) is 0. The molecule has 0 saturated heterocycles. The lowest BCUT2D eigenvalue weighted by Gasteiger charge is -2.19. The molecule has 21 heavy (non-hydrogen) atoms. The molecule has 0 saturated carbocycles. The molecule has 2 aromatic rings. The summed E-state index contributed by atoms with van der Waals surface area (Å²) in [6.45, 7) is 3.50. The number of rotatable bonds is 4. The van der Waals surface area contributed by atoms with E-state index in [9.17, 15) is 4.79 Å². The molecule has 0 spiro atoms. The number of aryl methyl sites for hydroxylation is 2. The van der Waals surface area contributed by atoms with Crippen LogP contribution in [0, 0.1) is 6.92 Å². The van der Waals surface area contributed by atoms with E-state index in [1.54, 1.807) is 0 Å². The summed E-state index contributed by atoms with van der Waals surface area (Å²) in [5, 5.41) is 10.4. The average Bonchev–Trinajstić information content (AvgIpc) is 2.85. The van der Waals surface area contributed by atoms with Crippen LogP contribution in [0.3, 0.4) is 0 Å². The van der Waals surface area contributed by atoms with Crippen molar-refractivity contribution in [2.24, 2.45) is 0 Å². The van der Waals surface area contributed by atoms with Crippen LogP contribution < -0.4 is 16.4 Å². The standard InChI is InChI=1S/C15H19N5O/c1-10-8-18-20(9-10)5-4-17-14-7-13-11(6-12(14)16)2-3-15(21)19-13/h6-9,17H,2-5,16H2,1H3,(H,19,21). The van der Waals surface area contributed by atoms with E-state index < -0.39 is 0 Å². The molecule has 2 heterocycles. The number of nitrogen functional groups attached to an aromatic ring is 1. The summed E-state index contributed by atoms with van der Waals surface area (Å²) in [6.07, 6.45) is 5.11. The number of aromatic nitrogens is 2. The van der Waals surface area contributed by atoms with Crippen LogP contribution in [-0.4, -0.2) is 22.2 Å². The number of nitrogens with one attached hydrogen (secondary N) is 2. The molecule has 6 heteroatoms. The molecule has 1 amide bonds. The first-order valence-electron chi connectivity index (χ1n) is 7.07. The van der Waals surface area contributed by atoms with Gasteiger partial charge in [0, 0.05) is 24.8 Å². The third-order valence-corrected chi connectivity index (χ3v) is 3.59. The zero-order valence-corrected chi connectivity index (χ0v) is 12.0. The Morgan fingerprint density at radius 1 is 1.43 bits per heavy atom. The summed E-state index contributed by atoms with van der Waals surface area (Å²) in [4.78, 5) is 11.4. The fraction of sp³-hybridized carbons (Fsp3) is 0.333. The predicted molar refractivity (Wildman–Crippen MR) is 83.3 cm³/mol. The van der Waals surface area contributed by atoms with Gasteiger partial charge in [0.25, 0.3) is 0 Å². The first-order valence-corrected chi connectivity index (χ1v) is 7.07. The van der Waals surface area contributed by atoms with Crippen LogP contribution in [0.25, 0.3) is 0 Å². The summed E-state index contributed by atoms with van der Waals surface area (Å²) in [6, 6.07) is 3.85. The molecular formula is C15H19N5O. The SMILES string of the molecule is Cc1cnn(CCNc2cc3c(cc2N)CCC(=O)N3)c1. The van der Waals surface area contributed by atoms with Gasteiger partial charge in [-0.25, -0.2) is 0 Å². The minimum atomic E-state index is 0.0604. The Bertz CT molecular complexity index is 677. The number of hydrogen-bond donors (Lipinski definition) is 3. The molecule has 0 radical (unpaired) electrons. The molecule has 3 rings (SSSR count). The van der Waals surface area contributed by atoms with E-state index in [0.717, 1.165) is 42.0 Å². The van der Waals surface area contributed by atoms with Crippen molar-refractivity contribution in [2.75, 3.05) is 22.9 Å². The zero-order chi connectivity index (χ0) is 14.8. The van der Waals surface area contributed by atoms with Crippen molar-refractivity contribution >= 4 is 23.0 Å². The first kappa shape index (κ1) is 13.5. The largest absolute Gasteiger partial charge is 0.397 e. The number of carbonyl (C=O) groups excluding carboxylic acids is 1. The van der Waals surface area contributed by atoms with Crippen LogP contribution in [-0.2, 0) is 17.8 Å². The maximum Gasteiger partial charge on any atom is 0.224 e. The van der Waals surface area contributed by atoms with Gasteiger partial charge >= 0.3 is 0 Å². The molecule has 1 aliphatic heterocycles. The lowest BCUT2D eigenvalue weighted by Crippen LogP contribution is -2.20. The van der Waals surface area contributed by atoms with Crippen LogP contribution in [0.5, 0.6) is 0 Å². The number of nitrogens with two attached hydrogens (primary N) is 1. The van der Waals surface area contributed by atoms with Crippen LogP contribution >= 0.6 is 0 Å². The minimum Gasteiger partial charge on any atom is -0.397 e. The Labute approximate surface area is 123 Å². The van der Waals surface area contributed by atoms with Gasteiger partial charge in [0.15, 0.2) is 0 Å². The van der Waals surface area contributed by atoms with E-state index in [4.69, 9.17) is 5.73 Å². The highest BCUT2D eigenvalue weighted by Crippen LogP contribution is 2.30. The van der Waals surface area contributed by atoms with Crippen molar-refractivity contribution in [3.8, 4) is 0 Å². The van der Waals surface area contributed by atoms with Gasteiger partial charge in [-0.15, -0.1) is 0 Å². The van der Waals surface area contributed by atoms with E-state index in [-0.39, 0.29) is 5.91 Å². The quantitative estimate of drug-likeness (QED) is 0.747. The van der Waals surface area contributed by atoms with Gasteiger partial charge < -0.3 is 16.4 Å². The maximum absolute atomic E-state index is 11.4. The van der Waals surface area contributed by atoms with Gasteiger partial charge in [0.05, 0.1) is 24.1 Å². The predicted octanol–water partition coefficient (Wildman–Crippen LogP) is 1.77.